The van der Waals surface area contributed by atoms with E-state index >= 15 is 0 Å². The average molecular weight is 330 g/mol. The summed E-state index contributed by atoms with van der Waals surface area (Å²) in [6.07, 6.45) is 1.23. The lowest BCUT2D eigenvalue weighted by Crippen LogP contribution is -2.60. The number of methoxy groups -OCH3 is 1. The third-order valence-electron chi connectivity index (χ3n) is 4.37. The minimum Gasteiger partial charge on any atom is -0.383 e. The second-order valence-electron chi connectivity index (χ2n) is 6.05. The van der Waals surface area contributed by atoms with Crippen LogP contribution in [0.5, 0.6) is 0 Å². The summed E-state index contributed by atoms with van der Waals surface area (Å²) in [5, 5.41) is 6.90. The Morgan fingerprint density at radius 2 is 2.23 bits per heavy atom. The lowest BCUT2D eigenvalue weighted by Gasteiger charge is -2.43. The van der Waals surface area contributed by atoms with Crippen molar-refractivity contribution < 1.29 is 9.47 Å². The van der Waals surface area contributed by atoms with Crippen molar-refractivity contribution in [3.8, 4) is 0 Å². The highest BCUT2D eigenvalue weighted by atomic mass is 32.2. The average Bonchev–Trinajstić information content (AvgIpc) is 3.02. The molecule has 22 heavy (non-hydrogen) atoms. The quantitative estimate of drug-likeness (QED) is 0.543. The normalized spacial score (nSPS) is 28.6. The number of thioether (sulfide) groups is 1. The van der Waals surface area contributed by atoms with Crippen molar-refractivity contribution in [3.63, 3.8) is 0 Å². The molecule has 2 aliphatic heterocycles. The van der Waals surface area contributed by atoms with Gasteiger partial charge in [0.15, 0.2) is 5.96 Å². The molecule has 2 heterocycles. The van der Waals surface area contributed by atoms with Crippen molar-refractivity contribution in [2.75, 3.05) is 65.1 Å². The number of nitrogens with zero attached hydrogens (tertiary/aromatic N) is 2. The largest absolute Gasteiger partial charge is 0.383 e. The molecule has 0 bridgehead atoms. The van der Waals surface area contributed by atoms with E-state index in [0.717, 1.165) is 38.8 Å². The minimum absolute atomic E-state index is 0.233. The SMILES string of the molecule is CN=C(NCC1(N2CCOCC2)CCSC1)NC(C)COC. The lowest BCUT2D eigenvalue weighted by molar-refractivity contribution is -0.0120. The van der Waals surface area contributed by atoms with Crippen LogP contribution in [0.25, 0.3) is 0 Å². The molecule has 2 fully saturated rings. The second kappa shape index (κ2) is 8.96. The second-order valence-corrected chi connectivity index (χ2v) is 7.16. The maximum absolute atomic E-state index is 5.51. The molecule has 0 amide bonds. The van der Waals surface area contributed by atoms with Gasteiger partial charge < -0.3 is 20.1 Å². The molecule has 0 aromatic carbocycles. The monoisotopic (exact) mass is 330 g/mol. The Balaban J connectivity index is 1.90. The predicted molar refractivity (Wildman–Crippen MR) is 92.9 cm³/mol. The fourth-order valence-electron chi connectivity index (χ4n) is 3.10. The zero-order valence-electron chi connectivity index (χ0n) is 14.1. The molecule has 6 nitrogen and oxygen atoms in total. The lowest BCUT2D eigenvalue weighted by atomic mass is 9.95. The van der Waals surface area contributed by atoms with Crippen LogP contribution in [0.4, 0.5) is 0 Å². The molecule has 2 rings (SSSR count). The Morgan fingerprint density at radius 1 is 1.45 bits per heavy atom. The van der Waals surface area contributed by atoms with Crippen LogP contribution in [-0.2, 0) is 9.47 Å². The van der Waals surface area contributed by atoms with Crippen molar-refractivity contribution in [2.24, 2.45) is 4.99 Å². The molecule has 2 atom stereocenters. The fourth-order valence-corrected chi connectivity index (χ4v) is 4.58. The number of nitrogens with one attached hydrogen (secondary N) is 2. The molecule has 128 valence electrons. The van der Waals surface area contributed by atoms with Crippen molar-refractivity contribution in [2.45, 2.75) is 24.9 Å². The smallest absolute Gasteiger partial charge is 0.191 e. The summed E-state index contributed by atoms with van der Waals surface area (Å²) >= 11 is 2.05. The number of rotatable bonds is 6. The van der Waals surface area contributed by atoms with Crippen LogP contribution in [-0.4, -0.2) is 87.6 Å². The molecule has 2 aliphatic rings. The molecule has 0 saturated carbocycles. The molecule has 0 aromatic rings. The van der Waals surface area contributed by atoms with E-state index in [1.807, 2.05) is 7.05 Å². The summed E-state index contributed by atoms with van der Waals surface area (Å²) in [7, 11) is 3.54. The van der Waals surface area contributed by atoms with Gasteiger partial charge >= 0.3 is 0 Å². The van der Waals surface area contributed by atoms with E-state index in [-0.39, 0.29) is 11.6 Å². The van der Waals surface area contributed by atoms with Crippen molar-refractivity contribution in [1.29, 1.82) is 0 Å². The van der Waals surface area contributed by atoms with Crippen LogP contribution >= 0.6 is 11.8 Å². The first-order valence-electron chi connectivity index (χ1n) is 8.07. The first-order valence-corrected chi connectivity index (χ1v) is 9.22. The summed E-state index contributed by atoms with van der Waals surface area (Å²) in [5.41, 5.74) is 0.233. The van der Waals surface area contributed by atoms with Crippen molar-refractivity contribution in [3.05, 3.63) is 0 Å². The first-order chi connectivity index (χ1) is 10.7. The van der Waals surface area contributed by atoms with Gasteiger partial charge in [0.1, 0.15) is 0 Å². The fraction of sp³-hybridized carbons (Fsp3) is 0.933. The van der Waals surface area contributed by atoms with E-state index < -0.39 is 0 Å². The van der Waals surface area contributed by atoms with E-state index in [1.165, 1.54) is 17.9 Å². The van der Waals surface area contributed by atoms with Crippen LogP contribution < -0.4 is 10.6 Å². The van der Waals surface area contributed by atoms with Gasteiger partial charge in [-0.25, -0.2) is 0 Å². The van der Waals surface area contributed by atoms with Crippen LogP contribution in [0.1, 0.15) is 13.3 Å². The highest BCUT2D eigenvalue weighted by Gasteiger charge is 2.40. The Kier molecular flexibility index (Phi) is 7.27. The van der Waals surface area contributed by atoms with Crippen molar-refractivity contribution >= 4 is 17.7 Å². The van der Waals surface area contributed by atoms with Gasteiger partial charge in [0.25, 0.3) is 0 Å². The molecule has 2 unspecified atom stereocenters. The van der Waals surface area contributed by atoms with E-state index in [1.54, 1.807) is 7.11 Å². The Morgan fingerprint density at radius 3 is 2.82 bits per heavy atom. The summed E-state index contributed by atoms with van der Waals surface area (Å²) < 4.78 is 10.7. The minimum atomic E-state index is 0.233. The molecular weight excluding hydrogens is 300 g/mol. The number of aliphatic imine (C=N–C) groups is 1. The Bertz CT molecular complexity index is 355. The van der Waals surface area contributed by atoms with Gasteiger partial charge in [-0.3, -0.25) is 9.89 Å². The van der Waals surface area contributed by atoms with Gasteiger partial charge in [-0.2, -0.15) is 11.8 Å². The van der Waals surface area contributed by atoms with Crippen molar-refractivity contribution in [1.82, 2.24) is 15.5 Å². The molecule has 0 aliphatic carbocycles. The summed E-state index contributed by atoms with van der Waals surface area (Å²) in [4.78, 5) is 6.94. The maximum atomic E-state index is 5.51. The molecular formula is C15H30N4O2S. The third-order valence-corrected chi connectivity index (χ3v) is 5.61. The van der Waals surface area contributed by atoms with Crippen LogP contribution in [0.15, 0.2) is 4.99 Å². The summed E-state index contributed by atoms with van der Waals surface area (Å²) in [6, 6.07) is 0.244. The summed E-state index contributed by atoms with van der Waals surface area (Å²) in [6.45, 7) is 7.47. The van der Waals surface area contributed by atoms with Crippen LogP contribution in [0.2, 0.25) is 0 Å². The van der Waals surface area contributed by atoms with Gasteiger partial charge in [0, 0.05) is 51.1 Å². The maximum Gasteiger partial charge on any atom is 0.191 e. The molecule has 2 N–H and O–H groups in total. The van der Waals surface area contributed by atoms with Crippen LogP contribution in [0, 0.1) is 0 Å². The molecule has 7 heteroatoms. The number of hydrogen-bond acceptors (Lipinski definition) is 5. The number of ether oxygens (including phenoxy) is 2. The molecule has 0 radical (unpaired) electrons. The standard InChI is InChI=1S/C15H30N4O2S/c1-13(10-20-3)18-14(16-2)17-11-15(4-9-22-12-15)19-5-7-21-8-6-19/h13H,4-12H2,1-3H3,(H2,16,17,18). The first kappa shape index (κ1) is 17.8. The summed E-state index contributed by atoms with van der Waals surface area (Å²) in [5.74, 6) is 3.28. The molecule has 0 aromatic heterocycles. The third kappa shape index (κ3) is 4.75. The van der Waals surface area contributed by atoms with E-state index in [4.69, 9.17) is 9.47 Å². The zero-order valence-corrected chi connectivity index (χ0v) is 14.9. The van der Waals surface area contributed by atoms with Gasteiger partial charge in [-0.15, -0.1) is 0 Å². The zero-order chi connectivity index (χ0) is 15.8. The topological polar surface area (TPSA) is 58.1 Å². The van der Waals surface area contributed by atoms with E-state index in [9.17, 15) is 0 Å². The Hall–Kier alpha value is -0.500. The Labute approximate surface area is 138 Å². The van der Waals surface area contributed by atoms with Gasteiger partial charge in [-0.1, -0.05) is 0 Å². The highest BCUT2D eigenvalue weighted by molar-refractivity contribution is 7.99. The number of morpholine rings is 1. The van der Waals surface area contributed by atoms with Gasteiger partial charge in [-0.05, 0) is 19.1 Å². The van der Waals surface area contributed by atoms with E-state index in [2.05, 4.69) is 39.2 Å². The van der Waals surface area contributed by atoms with Gasteiger partial charge in [0.2, 0.25) is 0 Å². The predicted octanol–water partition coefficient (Wildman–Crippen LogP) is 0.394. The van der Waals surface area contributed by atoms with Gasteiger partial charge in [0.05, 0.1) is 19.8 Å². The van der Waals surface area contributed by atoms with E-state index in [0.29, 0.717) is 6.61 Å². The molecule has 0 spiro atoms. The number of guanidine groups is 1. The van der Waals surface area contributed by atoms with Crippen LogP contribution in [0.3, 0.4) is 0 Å². The number of hydrogen-bond donors (Lipinski definition) is 2. The highest BCUT2D eigenvalue weighted by Crippen LogP contribution is 2.33. The molecule has 2 saturated heterocycles.